The van der Waals surface area contributed by atoms with Gasteiger partial charge in [-0.2, -0.15) is 0 Å². The maximum absolute atomic E-state index is 12.6. The number of carbonyl (C=O) groups excluding carboxylic acids is 10. The predicted octanol–water partition coefficient (Wildman–Crippen LogP) is 19.8. The number of carboxylic acid groups (broad SMARTS) is 1. The van der Waals surface area contributed by atoms with E-state index in [1.54, 1.807) is 41.5 Å². The smallest absolute Gasteiger partial charge is 0.350 e. The van der Waals surface area contributed by atoms with Gasteiger partial charge in [0, 0.05) is 18.8 Å². The van der Waals surface area contributed by atoms with Gasteiger partial charge in [-0.05, 0) is 393 Å². The fourth-order valence-electron chi connectivity index (χ4n) is 30.0. The molecule has 25 rings (SSSR count). The van der Waals surface area contributed by atoms with Gasteiger partial charge in [0.25, 0.3) is 0 Å². The Hall–Kier alpha value is -6.11. The van der Waals surface area contributed by atoms with Gasteiger partial charge in [-0.3, -0.25) is 47.9 Å². The third-order valence-corrected chi connectivity index (χ3v) is 40.9. The molecule has 29 nitrogen and oxygen atoms in total. The normalized spacial score (nSPS) is 41.7. The molecule has 29 heteroatoms. The Morgan fingerprint density at radius 3 is 1.14 bits per heavy atom. The van der Waals surface area contributed by atoms with Crippen LogP contribution in [0.4, 0.5) is 0 Å². The molecule has 820 valence electrons. The van der Waals surface area contributed by atoms with E-state index in [0.29, 0.717) is 92.8 Å². The van der Waals surface area contributed by atoms with Crippen molar-refractivity contribution in [1.29, 1.82) is 0 Å². The average molecular weight is 2040 g/mol. The second-order valence-electron chi connectivity index (χ2n) is 54.2. The molecule has 145 heavy (non-hydrogen) atoms. The minimum atomic E-state index is -1.07. The van der Waals surface area contributed by atoms with Crippen LogP contribution in [0.25, 0.3) is 0 Å². The average Bonchev–Trinajstić information content (AvgIpc) is 1.55. The van der Waals surface area contributed by atoms with E-state index in [-0.39, 0.29) is 118 Å². The second kappa shape index (κ2) is 41.4. The Balaban J connectivity index is 0.000000126. The van der Waals surface area contributed by atoms with Gasteiger partial charge in [-0.25, -0.2) is 4.79 Å². The molecular weight excluding hydrogens is 1860 g/mol. The molecule has 9 saturated heterocycles. The quantitative estimate of drug-likeness (QED) is 0.0434. The molecule has 27 atom stereocenters. The fraction of sp³-hybridized carbons (Fsp3) is 0.905. The third-order valence-electron chi connectivity index (χ3n) is 40.9. The van der Waals surface area contributed by atoms with Gasteiger partial charge in [0.05, 0.1) is 79.1 Å². The van der Waals surface area contributed by atoms with Crippen LogP contribution in [0, 0.1) is 139 Å². The summed E-state index contributed by atoms with van der Waals surface area (Å²) in [7, 11) is 0. The first-order valence-electron chi connectivity index (χ1n) is 56.7. The number of fused-ring (bicyclic) bond motifs is 14. The molecule has 25 fully saturated rings. The molecule has 9 aliphatic heterocycles. The number of carboxylic acids is 1. The number of hydrogen-bond donors (Lipinski definition) is 3. The summed E-state index contributed by atoms with van der Waals surface area (Å²) in [6.45, 7) is 52.1. The van der Waals surface area contributed by atoms with Crippen molar-refractivity contribution in [1.82, 2.24) is 0 Å². The molecule has 0 aromatic heterocycles. The lowest BCUT2D eigenvalue weighted by atomic mass is 9.49. The molecule has 0 amide bonds. The summed E-state index contributed by atoms with van der Waals surface area (Å²) in [5.74, 6) is 7.04. The van der Waals surface area contributed by atoms with E-state index in [4.69, 9.17) is 76.2 Å². The number of hydrogen-bond acceptors (Lipinski definition) is 28. The summed E-state index contributed by atoms with van der Waals surface area (Å²) < 4.78 is 85.1. The van der Waals surface area contributed by atoms with E-state index in [2.05, 4.69) is 27.7 Å². The first-order chi connectivity index (χ1) is 67.5. The van der Waals surface area contributed by atoms with Gasteiger partial charge in [0.1, 0.15) is 40.7 Å². The molecule has 20 bridgehead atoms. The van der Waals surface area contributed by atoms with Crippen LogP contribution >= 0.6 is 0 Å². The van der Waals surface area contributed by atoms with Crippen LogP contribution in [0.1, 0.15) is 405 Å². The minimum Gasteiger partial charge on any atom is -0.481 e. The number of carbonyl (C=O) groups is 11. The van der Waals surface area contributed by atoms with Gasteiger partial charge in [-0.1, -0.05) is 76.2 Å². The Bertz CT molecular complexity index is 4530. The van der Waals surface area contributed by atoms with Crippen LogP contribution in [0.5, 0.6) is 0 Å². The zero-order chi connectivity index (χ0) is 106. The van der Waals surface area contributed by atoms with Gasteiger partial charge >= 0.3 is 65.7 Å². The maximum atomic E-state index is 12.6. The van der Waals surface area contributed by atoms with Gasteiger partial charge in [0.2, 0.25) is 6.10 Å². The third kappa shape index (κ3) is 22.2. The first kappa shape index (κ1) is 113. The lowest BCUT2D eigenvalue weighted by Crippen LogP contribution is -2.61. The lowest BCUT2D eigenvalue weighted by Gasteiger charge is -2.60. The van der Waals surface area contributed by atoms with Crippen molar-refractivity contribution < 1.29 is 139 Å². The van der Waals surface area contributed by atoms with Crippen molar-refractivity contribution in [2.75, 3.05) is 0 Å². The summed E-state index contributed by atoms with van der Waals surface area (Å²) in [6.07, 6.45) is 28.4. The molecule has 16 saturated carbocycles. The number of esters is 10. The summed E-state index contributed by atoms with van der Waals surface area (Å²) >= 11 is 0. The maximum Gasteiger partial charge on any atom is 0.350 e. The van der Waals surface area contributed by atoms with Crippen molar-refractivity contribution in [2.45, 2.75) is 524 Å². The van der Waals surface area contributed by atoms with E-state index in [1.165, 1.54) is 77.0 Å². The number of aliphatic carboxylic acids is 1. The monoisotopic (exact) mass is 2040 g/mol. The van der Waals surface area contributed by atoms with Crippen molar-refractivity contribution in [2.24, 2.45) is 139 Å². The fourth-order valence-corrected chi connectivity index (χ4v) is 30.0. The van der Waals surface area contributed by atoms with Crippen LogP contribution in [0.2, 0.25) is 0 Å². The predicted molar refractivity (Wildman–Crippen MR) is 533 cm³/mol. The van der Waals surface area contributed by atoms with E-state index in [9.17, 15) is 63.0 Å². The van der Waals surface area contributed by atoms with Crippen LogP contribution in [-0.4, -0.2) is 200 Å². The number of aliphatic hydroxyl groups is 2. The van der Waals surface area contributed by atoms with Crippen LogP contribution in [0.15, 0.2) is 0 Å². The highest BCUT2D eigenvalue weighted by atomic mass is 16.9. The van der Waals surface area contributed by atoms with E-state index < -0.39 is 123 Å². The SMILES string of the molecule is CCC(C)(C)C(=O)O.CCC(C)(C)C(=O)OC1(CC)C2CC3CC(C2)CC1C3.CCC(C)(C)C(=O)OC12CC3CC(CC(O)(C3)C1)C2.CCC(C)(C)C(=O)OC12CC3CC(CC(O)(C3)C1)C2.CCC(C)(C)C(=O)OC1C(=O)OC2C3OC(C)(C)OC3OC12.CCC(C)(C)C(=O)OC1C2CC3C(=O)OC1C3O2.CCC(C)(C)C(=O)OC1C2CC3C(=O)OC1C3O2.CCC(C)C(=O)OC1(CC)CC2CC1C1C3CCC(C3)C21. The van der Waals surface area contributed by atoms with E-state index in [1.807, 2.05) is 118 Å². The largest absolute Gasteiger partial charge is 0.481 e. The zero-order valence-corrected chi connectivity index (χ0v) is 92.8. The Labute approximate surface area is 862 Å². The van der Waals surface area contributed by atoms with E-state index in [0.717, 1.165) is 131 Å². The molecular formula is C116H182O29. The van der Waals surface area contributed by atoms with Crippen molar-refractivity contribution >= 4 is 65.7 Å². The zero-order valence-electron chi connectivity index (χ0n) is 92.8. The molecule has 0 radical (unpaired) electrons. The number of rotatable bonds is 25. The molecule has 0 aromatic rings. The molecule has 9 heterocycles. The number of ether oxygens (including phenoxy) is 15. The highest BCUT2D eigenvalue weighted by molar-refractivity contribution is 5.85. The highest BCUT2D eigenvalue weighted by Gasteiger charge is 2.72. The molecule has 16 aliphatic carbocycles. The second-order valence-corrected chi connectivity index (χ2v) is 54.2. The summed E-state index contributed by atoms with van der Waals surface area (Å²) in [5, 5.41) is 29.7. The van der Waals surface area contributed by atoms with Crippen LogP contribution in [0.3, 0.4) is 0 Å². The van der Waals surface area contributed by atoms with Gasteiger partial charge in [-0.15, -0.1) is 0 Å². The van der Waals surface area contributed by atoms with Gasteiger partial charge < -0.3 is 86.4 Å². The molecule has 3 N–H and O–H groups in total. The summed E-state index contributed by atoms with van der Waals surface area (Å²) in [6, 6.07) is 0. The molecule has 25 aliphatic rings. The van der Waals surface area contributed by atoms with Crippen molar-refractivity contribution in [3.05, 3.63) is 0 Å². The van der Waals surface area contributed by atoms with Crippen LogP contribution < -0.4 is 0 Å². The molecule has 0 aromatic carbocycles. The van der Waals surface area contributed by atoms with Gasteiger partial charge in [0.15, 0.2) is 48.7 Å². The summed E-state index contributed by atoms with van der Waals surface area (Å²) in [5.41, 5.74) is -5.44. The Kier molecular flexibility index (Phi) is 32.2. The Morgan fingerprint density at radius 2 is 0.766 bits per heavy atom. The van der Waals surface area contributed by atoms with Crippen molar-refractivity contribution in [3.63, 3.8) is 0 Å². The Morgan fingerprint density at radius 1 is 0.379 bits per heavy atom. The topological polar surface area (TPSA) is 387 Å². The minimum absolute atomic E-state index is 0.0364. The highest BCUT2D eigenvalue weighted by Crippen LogP contribution is 2.72. The molecule has 27 unspecified atom stereocenters. The lowest BCUT2D eigenvalue weighted by molar-refractivity contribution is -0.226. The van der Waals surface area contributed by atoms with Crippen LogP contribution in [-0.2, 0) is 124 Å². The van der Waals surface area contributed by atoms with E-state index >= 15 is 0 Å². The summed E-state index contributed by atoms with van der Waals surface area (Å²) in [4.78, 5) is 131. The van der Waals surface area contributed by atoms with Crippen molar-refractivity contribution in [3.8, 4) is 0 Å². The standard InChI is InChI=1S/C19H30O2.C18H30O2.2C16H26O3.C15H22O7.2C13H18O5.C6H12O2/c1-4-11(3)18(20)21-19(5-2)10-14-9-15(19)17-13-7-6-12(8-13)16(14)17;1-5-17(3,4)16(19)20-18(6-2)14-8-12-7-13(10-14)11-15(18)9-12;2*1-4-14(2,3)13(17)19-16-8-11-5-12(9-16)7-15(18,6-11)10-16;1-6-14(2,3)13(17)20-9-7-8(18-11(9)16)10-12(19-7)22-15(4,5)21-10;2*1-4-13(2,3)12(15)18-9-7-5-6-8(16-7)10(9)17-11(6)14;1-4-6(2,3)5(7)8/h11-17H,4-10H2,1-3H3;12-15H,5-11H2,1-4H3;2*11-12,18H,4-10H2,1-3H3;7-10,12H,6H2,1-5H3;2*6-10H,4-5H2,1-3H3;4H2,1-3H3,(H,7,8). The first-order valence-corrected chi connectivity index (χ1v) is 56.7. The molecule has 0 spiro atoms.